The molecule has 0 aromatic heterocycles. The van der Waals surface area contributed by atoms with Crippen molar-refractivity contribution in [1.82, 2.24) is 0 Å². The molecule has 0 saturated carbocycles. The van der Waals surface area contributed by atoms with Gasteiger partial charge in [0.1, 0.15) is 0 Å². The number of halogens is 3. The molecular weight excluding hydrogens is 335 g/mol. The summed E-state index contributed by atoms with van der Waals surface area (Å²) in [5.74, 6) is -0.0993. The first-order valence-corrected chi connectivity index (χ1v) is 7.14. The highest BCUT2D eigenvalue weighted by molar-refractivity contribution is 9.08. The molecule has 2 aromatic carbocycles. The number of hydrogen-bond donors (Lipinski definition) is 0. The maximum Gasteiger partial charge on any atom is 0.194 e. The summed E-state index contributed by atoms with van der Waals surface area (Å²) in [6.07, 6.45) is 0. The van der Waals surface area contributed by atoms with E-state index in [-0.39, 0.29) is 5.78 Å². The molecule has 0 saturated heterocycles. The van der Waals surface area contributed by atoms with E-state index in [2.05, 4.69) is 15.9 Å². The van der Waals surface area contributed by atoms with Crippen molar-refractivity contribution in [3.8, 4) is 0 Å². The number of rotatable bonds is 3. The van der Waals surface area contributed by atoms with E-state index < -0.39 is 0 Å². The molecule has 0 heterocycles. The minimum absolute atomic E-state index is 0.0993. The Morgan fingerprint density at radius 2 is 1.72 bits per heavy atom. The van der Waals surface area contributed by atoms with Gasteiger partial charge in [-0.05, 0) is 23.8 Å². The zero-order chi connectivity index (χ0) is 13.1. The van der Waals surface area contributed by atoms with Crippen molar-refractivity contribution in [3.63, 3.8) is 0 Å². The first kappa shape index (κ1) is 13.6. The van der Waals surface area contributed by atoms with Gasteiger partial charge in [-0.25, -0.2) is 0 Å². The predicted molar refractivity (Wildman–Crippen MR) is 79.0 cm³/mol. The van der Waals surface area contributed by atoms with Gasteiger partial charge in [-0.3, -0.25) is 4.79 Å². The summed E-state index contributed by atoms with van der Waals surface area (Å²) in [6.45, 7) is 0. The lowest BCUT2D eigenvalue weighted by molar-refractivity contribution is 0.103. The van der Waals surface area contributed by atoms with E-state index in [4.69, 9.17) is 23.2 Å². The highest BCUT2D eigenvalue weighted by Crippen LogP contribution is 2.23. The van der Waals surface area contributed by atoms with E-state index in [0.717, 1.165) is 10.9 Å². The summed E-state index contributed by atoms with van der Waals surface area (Å²) in [5.41, 5.74) is 2.20. The second-order valence-electron chi connectivity index (χ2n) is 3.78. The first-order valence-electron chi connectivity index (χ1n) is 5.26. The number of alkyl halides is 1. The van der Waals surface area contributed by atoms with Crippen molar-refractivity contribution in [2.24, 2.45) is 0 Å². The Bertz CT molecular complexity index is 579. The molecule has 2 rings (SSSR count). The zero-order valence-corrected chi connectivity index (χ0v) is 12.4. The van der Waals surface area contributed by atoms with Crippen LogP contribution in [0.1, 0.15) is 21.5 Å². The fourth-order valence-electron chi connectivity index (χ4n) is 1.57. The van der Waals surface area contributed by atoms with Crippen molar-refractivity contribution in [1.29, 1.82) is 0 Å². The maximum atomic E-state index is 12.2. The number of carbonyl (C=O) groups excluding carboxylic acids is 1. The Morgan fingerprint density at radius 3 is 2.28 bits per heavy atom. The average molecular weight is 344 g/mol. The van der Waals surface area contributed by atoms with E-state index in [1.807, 2.05) is 12.1 Å². The van der Waals surface area contributed by atoms with Gasteiger partial charge >= 0.3 is 0 Å². The SMILES string of the molecule is O=C(c1ccc(CBr)cc1)c1ccc(Cl)cc1Cl. The normalized spacial score (nSPS) is 10.4. The molecule has 2 aromatic rings. The predicted octanol–water partition coefficient (Wildman–Crippen LogP) is 5.12. The minimum Gasteiger partial charge on any atom is -0.289 e. The van der Waals surface area contributed by atoms with Crippen LogP contribution < -0.4 is 0 Å². The minimum atomic E-state index is -0.0993. The second-order valence-corrected chi connectivity index (χ2v) is 5.19. The van der Waals surface area contributed by atoms with Gasteiger partial charge in [-0.1, -0.05) is 63.4 Å². The molecule has 0 aliphatic rings. The second kappa shape index (κ2) is 5.87. The van der Waals surface area contributed by atoms with Crippen molar-refractivity contribution >= 4 is 44.9 Å². The topological polar surface area (TPSA) is 17.1 Å². The van der Waals surface area contributed by atoms with Crippen LogP contribution in [-0.4, -0.2) is 5.78 Å². The van der Waals surface area contributed by atoms with Crippen LogP contribution in [0.25, 0.3) is 0 Å². The Balaban J connectivity index is 2.35. The number of carbonyl (C=O) groups is 1. The van der Waals surface area contributed by atoms with Crippen LogP contribution in [0.4, 0.5) is 0 Å². The van der Waals surface area contributed by atoms with Gasteiger partial charge in [0.25, 0.3) is 0 Å². The smallest absolute Gasteiger partial charge is 0.194 e. The summed E-state index contributed by atoms with van der Waals surface area (Å²) in [6, 6.07) is 12.3. The molecule has 0 unspecified atom stereocenters. The molecule has 4 heteroatoms. The third kappa shape index (κ3) is 2.94. The molecule has 1 nitrogen and oxygen atoms in total. The molecule has 18 heavy (non-hydrogen) atoms. The lowest BCUT2D eigenvalue weighted by Gasteiger charge is -2.05. The summed E-state index contributed by atoms with van der Waals surface area (Å²) >= 11 is 15.2. The van der Waals surface area contributed by atoms with E-state index in [1.165, 1.54) is 0 Å². The fourth-order valence-corrected chi connectivity index (χ4v) is 2.44. The van der Waals surface area contributed by atoms with Crippen LogP contribution in [0.2, 0.25) is 10.0 Å². The highest BCUT2D eigenvalue weighted by Gasteiger charge is 2.12. The van der Waals surface area contributed by atoms with E-state index in [9.17, 15) is 4.79 Å². The first-order chi connectivity index (χ1) is 8.61. The van der Waals surface area contributed by atoms with Gasteiger partial charge in [0.2, 0.25) is 0 Å². The van der Waals surface area contributed by atoms with E-state index >= 15 is 0 Å². The molecule has 0 radical (unpaired) electrons. The zero-order valence-electron chi connectivity index (χ0n) is 9.29. The molecule has 0 aliphatic heterocycles. The van der Waals surface area contributed by atoms with Crippen molar-refractivity contribution in [3.05, 3.63) is 69.2 Å². The van der Waals surface area contributed by atoms with Crippen LogP contribution in [-0.2, 0) is 5.33 Å². The van der Waals surface area contributed by atoms with Crippen LogP contribution >= 0.6 is 39.1 Å². The van der Waals surface area contributed by atoms with Gasteiger partial charge in [0, 0.05) is 21.5 Å². The summed E-state index contributed by atoms with van der Waals surface area (Å²) in [7, 11) is 0. The Morgan fingerprint density at radius 1 is 1.06 bits per heavy atom. The molecule has 0 bridgehead atoms. The monoisotopic (exact) mass is 342 g/mol. The molecule has 0 aliphatic carbocycles. The lowest BCUT2D eigenvalue weighted by Crippen LogP contribution is -2.02. The van der Waals surface area contributed by atoms with Crippen molar-refractivity contribution in [2.45, 2.75) is 5.33 Å². The van der Waals surface area contributed by atoms with Crippen molar-refractivity contribution in [2.75, 3.05) is 0 Å². The summed E-state index contributed by atoms with van der Waals surface area (Å²) in [4.78, 5) is 12.2. The molecule has 92 valence electrons. The Kier molecular flexibility index (Phi) is 4.44. The molecule has 0 spiro atoms. The lowest BCUT2D eigenvalue weighted by atomic mass is 10.0. The van der Waals surface area contributed by atoms with Crippen LogP contribution in [0, 0.1) is 0 Å². The van der Waals surface area contributed by atoms with E-state index in [1.54, 1.807) is 30.3 Å². The van der Waals surface area contributed by atoms with Gasteiger partial charge in [-0.2, -0.15) is 0 Å². The molecule has 0 fully saturated rings. The van der Waals surface area contributed by atoms with Gasteiger partial charge in [0.15, 0.2) is 5.78 Å². The highest BCUT2D eigenvalue weighted by atomic mass is 79.9. The third-order valence-electron chi connectivity index (χ3n) is 2.55. The summed E-state index contributed by atoms with van der Waals surface area (Å²) < 4.78 is 0. The van der Waals surface area contributed by atoms with Crippen LogP contribution in [0.3, 0.4) is 0 Å². The third-order valence-corrected chi connectivity index (χ3v) is 3.74. The van der Waals surface area contributed by atoms with Crippen molar-refractivity contribution < 1.29 is 4.79 Å². The van der Waals surface area contributed by atoms with Crippen LogP contribution in [0.15, 0.2) is 42.5 Å². The quantitative estimate of drug-likeness (QED) is 0.558. The molecule has 0 atom stereocenters. The van der Waals surface area contributed by atoms with Gasteiger partial charge in [0.05, 0.1) is 5.02 Å². The van der Waals surface area contributed by atoms with Crippen LogP contribution in [0.5, 0.6) is 0 Å². The molecule has 0 N–H and O–H groups in total. The fraction of sp³-hybridized carbons (Fsp3) is 0.0714. The average Bonchev–Trinajstić information content (AvgIpc) is 2.38. The molecule has 0 amide bonds. The number of hydrogen-bond acceptors (Lipinski definition) is 1. The Labute approximate surface area is 124 Å². The maximum absolute atomic E-state index is 12.2. The Hall–Kier alpha value is -0.830. The number of ketones is 1. The summed E-state index contributed by atoms with van der Waals surface area (Å²) in [5, 5.41) is 1.66. The number of benzene rings is 2. The largest absolute Gasteiger partial charge is 0.289 e. The van der Waals surface area contributed by atoms with Gasteiger partial charge < -0.3 is 0 Å². The molecular formula is C14H9BrCl2O. The van der Waals surface area contributed by atoms with Gasteiger partial charge in [-0.15, -0.1) is 0 Å². The standard InChI is InChI=1S/C14H9BrCl2O/c15-8-9-1-3-10(4-2-9)14(18)12-6-5-11(16)7-13(12)17/h1-7H,8H2. The van der Waals surface area contributed by atoms with E-state index in [0.29, 0.717) is 21.2 Å².